The SMILES string of the molecule is CCOCCN(CCOCC)C(CN)c1ccccc1C. The van der Waals surface area contributed by atoms with E-state index in [9.17, 15) is 0 Å². The Hall–Kier alpha value is -0.940. The van der Waals surface area contributed by atoms with Crippen molar-refractivity contribution in [2.24, 2.45) is 5.73 Å². The number of rotatable bonds is 11. The van der Waals surface area contributed by atoms with E-state index in [1.165, 1.54) is 11.1 Å². The molecule has 0 spiro atoms. The highest BCUT2D eigenvalue weighted by atomic mass is 16.5. The van der Waals surface area contributed by atoms with Crippen LogP contribution in [0.15, 0.2) is 24.3 Å². The van der Waals surface area contributed by atoms with Crippen LogP contribution in [-0.4, -0.2) is 51.0 Å². The third-order valence-electron chi connectivity index (χ3n) is 3.67. The summed E-state index contributed by atoms with van der Waals surface area (Å²) in [6.45, 7) is 11.5. The van der Waals surface area contributed by atoms with Crippen molar-refractivity contribution in [1.82, 2.24) is 4.90 Å². The number of ether oxygens (including phenoxy) is 2. The average Bonchev–Trinajstić information content (AvgIpc) is 2.49. The molecule has 0 saturated heterocycles. The Bertz CT molecular complexity index is 375. The third kappa shape index (κ3) is 6.14. The first-order valence-electron chi connectivity index (χ1n) is 7.89. The molecule has 1 aromatic carbocycles. The van der Waals surface area contributed by atoms with Gasteiger partial charge in [0.2, 0.25) is 0 Å². The van der Waals surface area contributed by atoms with Crippen LogP contribution in [0, 0.1) is 6.92 Å². The molecule has 0 saturated carbocycles. The zero-order valence-electron chi connectivity index (χ0n) is 13.7. The van der Waals surface area contributed by atoms with Gasteiger partial charge in [-0.05, 0) is 31.9 Å². The first-order valence-corrected chi connectivity index (χ1v) is 7.89. The fraction of sp³-hybridized carbons (Fsp3) is 0.647. The molecule has 1 atom stereocenters. The minimum atomic E-state index is 0.215. The van der Waals surface area contributed by atoms with Crippen LogP contribution < -0.4 is 5.73 Å². The first-order chi connectivity index (χ1) is 10.2. The van der Waals surface area contributed by atoms with Crippen molar-refractivity contribution >= 4 is 0 Å². The summed E-state index contributed by atoms with van der Waals surface area (Å²) >= 11 is 0. The van der Waals surface area contributed by atoms with Crippen molar-refractivity contribution in [3.63, 3.8) is 0 Å². The molecule has 1 unspecified atom stereocenters. The third-order valence-corrected chi connectivity index (χ3v) is 3.67. The minimum absolute atomic E-state index is 0.215. The van der Waals surface area contributed by atoms with Gasteiger partial charge in [-0.1, -0.05) is 24.3 Å². The summed E-state index contributed by atoms with van der Waals surface area (Å²) in [4.78, 5) is 2.37. The highest BCUT2D eigenvalue weighted by Gasteiger charge is 2.20. The van der Waals surface area contributed by atoms with E-state index >= 15 is 0 Å². The van der Waals surface area contributed by atoms with E-state index in [0.717, 1.165) is 39.5 Å². The highest BCUT2D eigenvalue weighted by molar-refractivity contribution is 5.29. The van der Waals surface area contributed by atoms with Gasteiger partial charge < -0.3 is 15.2 Å². The Morgan fingerprint density at radius 3 is 2.10 bits per heavy atom. The molecular formula is C17H30N2O2. The summed E-state index contributed by atoms with van der Waals surface area (Å²) in [5.41, 5.74) is 8.64. The summed E-state index contributed by atoms with van der Waals surface area (Å²) in [6, 6.07) is 8.67. The average molecular weight is 294 g/mol. The van der Waals surface area contributed by atoms with Gasteiger partial charge in [-0.3, -0.25) is 4.90 Å². The van der Waals surface area contributed by atoms with E-state index < -0.39 is 0 Å². The maximum Gasteiger partial charge on any atom is 0.0593 e. The van der Waals surface area contributed by atoms with Crippen molar-refractivity contribution < 1.29 is 9.47 Å². The van der Waals surface area contributed by atoms with Crippen molar-refractivity contribution in [2.75, 3.05) is 46.1 Å². The minimum Gasteiger partial charge on any atom is -0.380 e. The lowest BCUT2D eigenvalue weighted by Gasteiger charge is -2.32. The van der Waals surface area contributed by atoms with Gasteiger partial charge in [0, 0.05) is 38.9 Å². The Kier molecular flexibility index (Phi) is 9.26. The summed E-state index contributed by atoms with van der Waals surface area (Å²) in [6.07, 6.45) is 0. The van der Waals surface area contributed by atoms with E-state index in [2.05, 4.69) is 36.1 Å². The summed E-state index contributed by atoms with van der Waals surface area (Å²) < 4.78 is 11.0. The summed E-state index contributed by atoms with van der Waals surface area (Å²) in [5, 5.41) is 0. The van der Waals surface area contributed by atoms with Gasteiger partial charge in [0.25, 0.3) is 0 Å². The van der Waals surface area contributed by atoms with Gasteiger partial charge in [0.05, 0.1) is 13.2 Å². The largest absolute Gasteiger partial charge is 0.380 e. The smallest absolute Gasteiger partial charge is 0.0593 e. The van der Waals surface area contributed by atoms with E-state index in [1.807, 2.05) is 13.8 Å². The van der Waals surface area contributed by atoms with Crippen LogP contribution in [0.4, 0.5) is 0 Å². The van der Waals surface area contributed by atoms with Crippen molar-refractivity contribution in [2.45, 2.75) is 26.8 Å². The molecule has 0 fully saturated rings. The van der Waals surface area contributed by atoms with E-state index in [0.29, 0.717) is 6.54 Å². The predicted molar refractivity (Wildman–Crippen MR) is 87.5 cm³/mol. The lowest BCUT2D eigenvalue weighted by Crippen LogP contribution is -2.38. The number of hydrogen-bond donors (Lipinski definition) is 1. The fourth-order valence-corrected chi connectivity index (χ4v) is 2.51. The molecule has 0 aromatic heterocycles. The summed E-state index contributed by atoms with van der Waals surface area (Å²) in [7, 11) is 0. The molecule has 0 aliphatic rings. The van der Waals surface area contributed by atoms with Crippen LogP contribution in [-0.2, 0) is 9.47 Å². The Morgan fingerprint density at radius 1 is 1.05 bits per heavy atom. The molecule has 0 aliphatic heterocycles. The highest BCUT2D eigenvalue weighted by Crippen LogP contribution is 2.22. The molecule has 4 nitrogen and oxygen atoms in total. The molecule has 0 aliphatic carbocycles. The Balaban J connectivity index is 2.78. The van der Waals surface area contributed by atoms with Crippen LogP contribution in [0.25, 0.3) is 0 Å². The summed E-state index contributed by atoms with van der Waals surface area (Å²) in [5.74, 6) is 0. The van der Waals surface area contributed by atoms with Crippen LogP contribution in [0.2, 0.25) is 0 Å². The lowest BCUT2D eigenvalue weighted by molar-refractivity contribution is 0.0639. The number of nitrogens with two attached hydrogens (primary N) is 1. The van der Waals surface area contributed by atoms with Crippen molar-refractivity contribution in [3.8, 4) is 0 Å². The van der Waals surface area contributed by atoms with Gasteiger partial charge in [-0.15, -0.1) is 0 Å². The molecule has 21 heavy (non-hydrogen) atoms. The zero-order valence-corrected chi connectivity index (χ0v) is 13.7. The molecule has 0 heterocycles. The zero-order chi connectivity index (χ0) is 15.5. The number of hydrogen-bond acceptors (Lipinski definition) is 4. The maximum absolute atomic E-state index is 6.06. The van der Waals surface area contributed by atoms with Crippen molar-refractivity contribution in [1.29, 1.82) is 0 Å². The van der Waals surface area contributed by atoms with Gasteiger partial charge in [-0.25, -0.2) is 0 Å². The van der Waals surface area contributed by atoms with E-state index in [4.69, 9.17) is 15.2 Å². The Morgan fingerprint density at radius 2 is 1.62 bits per heavy atom. The molecule has 1 aromatic rings. The number of aryl methyl sites for hydroxylation is 1. The van der Waals surface area contributed by atoms with Crippen LogP contribution in [0.3, 0.4) is 0 Å². The molecule has 4 heteroatoms. The van der Waals surface area contributed by atoms with Crippen LogP contribution in [0.1, 0.15) is 31.0 Å². The lowest BCUT2D eigenvalue weighted by atomic mass is 10.00. The number of benzene rings is 1. The van der Waals surface area contributed by atoms with E-state index in [1.54, 1.807) is 0 Å². The normalized spacial score (nSPS) is 12.8. The monoisotopic (exact) mass is 294 g/mol. The van der Waals surface area contributed by atoms with Gasteiger partial charge >= 0.3 is 0 Å². The maximum atomic E-state index is 6.06. The predicted octanol–water partition coefficient (Wildman–Crippen LogP) is 2.37. The topological polar surface area (TPSA) is 47.7 Å². The fourth-order valence-electron chi connectivity index (χ4n) is 2.51. The molecule has 0 bridgehead atoms. The quantitative estimate of drug-likeness (QED) is 0.637. The van der Waals surface area contributed by atoms with Crippen molar-refractivity contribution in [3.05, 3.63) is 35.4 Å². The molecule has 2 N–H and O–H groups in total. The standard InChI is InChI=1S/C17H30N2O2/c1-4-20-12-10-19(11-13-21-5-2)17(14-18)16-9-7-6-8-15(16)3/h6-9,17H,4-5,10-14,18H2,1-3H3. The van der Waals surface area contributed by atoms with Crippen LogP contribution >= 0.6 is 0 Å². The van der Waals surface area contributed by atoms with Gasteiger partial charge in [0.15, 0.2) is 0 Å². The van der Waals surface area contributed by atoms with E-state index in [-0.39, 0.29) is 6.04 Å². The second-order valence-electron chi connectivity index (χ2n) is 5.04. The molecule has 0 amide bonds. The Labute approximate surface area is 129 Å². The second kappa shape index (κ2) is 10.7. The molecular weight excluding hydrogens is 264 g/mol. The second-order valence-corrected chi connectivity index (χ2v) is 5.04. The van der Waals surface area contributed by atoms with Crippen LogP contribution in [0.5, 0.6) is 0 Å². The molecule has 1 rings (SSSR count). The van der Waals surface area contributed by atoms with Gasteiger partial charge in [-0.2, -0.15) is 0 Å². The molecule has 0 radical (unpaired) electrons. The van der Waals surface area contributed by atoms with Gasteiger partial charge in [0.1, 0.15) is 0 Å². The number of nitrogens with zero attached hydrogens (tertiary/aromatic N) is 1. The molecule has 120 valence electrons. The first kappa shape index (κ1) is 18.1.